The Morgan fingerprint density at radius 2 is 1.96 bits per heavy atom. The van der Waals surface area contributed by atoms with E-state index in [0.29, 0.717) is 12.6 Å². The maximum absolute atomic E-state index is 6.17. The molecule has 3 rings (SSSR count). The molecule has 1 heterocycles. The Labute approximate surface area is 159 Å². The van der Waals surface area contributed by atoms with Crippen LogP contribution in [0.1, 0.15) is 36.1 Å². The van der Waals surface area contributed by atoms with Crippen LogP contribution in [0.25, 0.3) is 0 Å². The van der Waals surface area contributed by atoms with Gasteiger partial charge in [-0.1, -0.05) is 12.1 Å². The van der Waals surface area contributed by atoms with Crippen LogP contribution in [0.2, 0.25) is 0 Å². The molecule has 0 radical (unpaired) electrons. The highest BCUT2D eigenvalue weighted by atomic mass is 32.1. The molecule has 140 valence electrons. The molecule has 1 aromatic heterocycles. The van der Waals surface area contributed by atoms with E-state index in [0.717, 1.165) is 42.4 Å². The number of aliphatic imine (C=N–C) groups is 1. The molecular formula is C20H27N3O2S. The summed E-state index contributed by atoms with van der Waals surface area (Å²) in [5, 5.41) is 8.76. The molecule has 6 heteroatoms. The van der Waals surface area contributed by atoms with Crippen LogP contribution in [0.5, 0.6) is 11.5 Å². The number of nitrogens with one attached hydrogen (secondary N) is 2. The van der Waals surface area contributed by atoms with Gasteiger partial charge in [-0.05, 0) is 54.8 Å². The Balaban J connectivity index is 1.57. The zero-order valence-electron chi connectivity index (χ0n) is 15.5. The van der Waals surface area contributed by atoms with Crippen molar-refractivity contribution in [1.82, 2.24) is 10.6 Å². The minimum atomic E-state index is 0.312. The lowest BCUT2D eigenvalue weighted by Crippen LogP contribution is -2.36. The summed E-state index contributed by atoms with van der Waals surface area (Å²) < 4.78 is 11.6. The molecule has 1 aromatic carbocycles. The standard InChI is InChI=1S/C20H27N3O2S/c1-21-20(23-14-17-8-5-11-26-17)22-13-15-9-10-18(24-2)19(12-15)25-16-6-3-4-7-16/h5,8-12,16H,3-4,6-7,13-14H2,1-2H3,(H2,21,22,23). The molecule has 1 saturated carbocycles. The van der Waals surface area contributed by atoms with Crippen molar-refractivity contribution in [2.75, 3.05) is 14.2 Å². The third-order valence-electron chi connectivity index (χ3n) is 4.52. The van der Waals surface area contributed by atoms with Crippen molar-refractivity contribution in [3.05, 3.63) is 46.2 Å². The number of hydrogen-bond acceptors (Lipinski definition) is 4. The number of nitrogens with zero attached hydrogens (tertiary/aromatic N) is 1. The van der Waals surface area contributed by atoms with Gasteiger partial charge in [-0.3, -0.25) is 4.99 Å². The van der Waals surface area contributed by atoms with Crippen LogP contribution in [0.4, 0.5) is 0 Å². The zero-order valence-corrected chi connectivity index (χ0v) is 16.3. The van der Waals surface area contributed by atoms with Gasteiger partial charge in [0.1, 0.15) is 0 Å². The first-order valence-corrected chi connectivity index (χ1v) is 9.97. The molecule has 1 aliphatic rings. The second kappa shape index (κ2) is 9.48. The minimum Gasteiger partial charge on any atom is -0.493 e. The highest BCUT2D eigenvalue weighted by Crippen LogP contribution is 2.32. The molecule has 26 heavy (non-hydrogen) atoms. The first-order chi connectivity index (χ1) is 12.8. The quantitative estimate of drug-likeness (QED) is 0.570. The smallest absolute Gasteiger partial charge is 0.191 e. The Morgan fingerprint density at radius 3 is 2.65 bits per heavy atom. The third-order valence-corrected chi connectivity index (χ3v) is 5.39. The predicted molar refractivity (Wildman–Crippen MR) is 107 cm³/mol. The van der Waals surface area contributed by atoms with Crippen molar-refractivity contribution in [2.24, 2.45) is 4.99 Å². The number of guanidine groups is 1. The van der Waals surface area contributed by atoms with Gasteiger partial charge in [-0.15, -0.1) is 11.3 Å². The summed E-state index contributed by atoms with van der Waals surface area (Å²) in [5.41, 5.74) is 1.14. The van der Waals surface area contributed by atoms with Gasteiger partial charge < -0.3 is 20.1 Å². The fraction of sp³-hybridized carbons (Fsp3) is 0.450. The van der Waals surface area contributed by atoms with E-state index in [-0.39, 0.29) is 0 Å². The number of methoxy groups -OCH3 is 1. The normalized spacial score (nSPS) is 15.1. The molecule has 0 saturated heterocycles. The van der Waals surface area contributed by atoms with Crippen molar-refractivity contribution < 1.29 is 9.47 Å². The van der Waals surface area contributed by atoms with Gasteiger partial charge in [0.05, 0.1) is 19.8 Å². The van der Waals surface area contributed by atoms with Crippen LogP contribution < -0.4 is 20.1 Å². The first kappa shape index (κ1) is 18.6. The fourth-order valence-electron chi connectivity index (χ4n) is 3.10. The second-order valence-corrected chi connectivity index (χ2v) is 7.40. The van der Waals surface area contributed by atoms with Gasteiger partial charge in [0.15, 0.2) is 17.5 Å². The van der Waals surface area contributed by atoms with E-state index in [9.17, 15) is 0 Å². The summed E-state index contributed by atoms with van der Waals surface area (Å²) >= 11 is 1.74. The summed E-state index contributed by atoms with van der Waals surface area (Å²) in [6.45, 7) is 1.45. The van der Waals surface area contributed by atoms with Gasteiger partial charge in [-0.25, -0.2) is 0 Å². The maximum atomic E-state index is 6.17. The maximum Gasteiger partial charge on any atom is 0.191 e. The first-order valence-electron chi connectivity index (χ1n) is 9.09. The summed E-state index contributed by atoms with van der Waals surface area (Å²) in [6.07, 6.45) is 5.07. The molecule has 0 amide bonds. The lowest BCUT2D eigenvalue weighted by atomic mass is 10.2. The number of hydrogen-bond donors (Lipinski definition) is 2. The lowest BCUT2D eigenvalue weighted by molar-refractivity contribution is 0.200. The van der Waals surface area contributed by atoms with Gasteiger partial charge in [0.2, 0.25) is 0 Å². The van der Waals surface area contributed by atoms with Gasteiger partial charge >= 0.3 is 0 Å². The molecule has 2 N–H and O–H groups in total. The molecule has 2 aromatic rings. The average molecular weight is 374 g/mol. The van der Waals surface area contributed by atoms with Gasteiger partial charge in [0.25, 0.3) is 0 Å². The zero-order chi connectivity index (χ0) is 18.2. The third kappa shape index (κ3) is 5.14. The minimum absolute atomic E-state index is 0.312. The summed E-state index contributed by atoms with van der Waals surface area (Å²) in [5.74, 6) is 2.41. The average Bonchev–Trinajstić information content (AvgIpc) is 3.36. The predicted octanol–water partition coefficient (Wildman–Crippen LogP) is 3.94. The Bertz CT molecular complexity index is 710. The molecular weight excluding hydrogens is 346 g/mol. The van der Waals surface area contributed by atoms with Gasteiger partial charge in [-0.2, -0.15) is 0 Å². The lowest BCUT2D eigenvalue weighted by Gasteiger charge is -2.17. The molecule has 0 atom stereocenters. The number of benzene rings is 1. The molecule has 0 bridgehead atoms. The topological polar surface area (TPSA) is 54.9 Å². The Morgan fingerprint density at radius 1 is 1.15 bits per heavy atom. The van der Waals surface area contributed by atoms with Crippen LogP contribution in [0, 0.1) is 0 Å². The summed E-state index contributed by atoms with van der Waals surface area (Å²) in [7, 11) is 3.47. The van der Waals surface area contributed by atoms with Crippen molar-refractivity contribution in [3.63, 3.8) is 0 Å². The van der Waals surface area contributed by atoms with Crippen molar-refractivity contribution in [3.8, 4) is 11.5 Å². The second-order valence-electron chi connectivity index (χ2n) is 6.37. The van der Waals surface area contributed by atoms with E-state index in [2.05, 4.69) is 45.3 Å². The number of ether oxygens (including phenoxy) is 2. The van der Waals surface area contributed by atoms with Crippen LogP contribution >= 0.6 is 11.3 Å². The number of thiophene rings is 1. The van der Waals surface area contributed by atoms with Crippen LogP contribution in [0.3, 0.4) is 0 Å². The molecule has 5 nitrogen and oxygen atoms in total. The van der Waals surface area contributed by atoms with Crippen molar-refractivity contribution in [2.45, 2.75) is 44.9 Å². The van der Waals surface area contributed by atoms with E-state index in [1.165, 1.54) is 17.7 Å². The van der Waals surface area contributed by atoms with E-state index in [1.807, 2.05) is 6.07 Å². The molecule has 0 aliphatic heterocycles. The molecule has 1 aliphatic carbocycles. The molecule has 0 spiro atoms. The molecule has 1 fully saturated rings. The van der Waals surface area contributed by atoms with Gasteiger partial charge in [0, 0.05) is 18.5 Å². The van der Waals surface area contributed by atoms with Crippen LogP contribution in [0.15, 0.2) is 40.7 Å². The Hall–Kier alpha value is -2.21. The number of rotatable bonds is 7. The SMILES string of the molecule is CN=C(NCc1ccc(OC)c(OC2CCCC2)c1)NCc1cccs1. The van der Waals surface area contributed by atoms with Crippen molar-refractivity contribution in [1.29, 1.82) is 0 Å². The van der Waals surface area contributed by atoms with E-state index in [4.69, 9.17) is 9.47 Å². The van der Waals surface area contributed by atoms with E-state index in [1.54, 1.807) is 25.5 Å². The van der Waals surface area contributed by atoms with E-state index < -0.39 is 0 Å². The highest BCUT2D eigenvalue weighted by Gasteiger charge is 2.18. The fourth-order valence-corrected chi connectivity index (χ4v) is 3.74. The largest absolute Gasteiger partial charge is 0.493 e. The van der Waals surface area contributed by atoms with Crippen LogP contribution in [-0.4, -0.2) is 26.2 Å². The van der Waals surface area contributed by atoms with E-state index >= 15 is 0 Å². The molecule has 0 unspecified atom stereocenters. The summed E-state index contributed by atoms with van der Waals surface area (Å²) in [6, 6.07) is 10.3. The van der Waals surface area contributed by atoms with Crippen molar-refractivity contribution >= 4 is 17.3 Å². The highest BCUT2D eigenvalue weighted by molar-refractivity contribution is 7.09. The van der Waals surface area contributed by atoms with Crippen LogP contribution in [-0.2, 0) is 13.1 Å². The summed E-state index contributed by atoms with van der Waals surface area (Å²) in [4.78, 5) is 5.57. The monoisotopic (exact) mass is 373 g/mol. The Kier molecular flexibility index (Phi) is 6.77.